The van der Waals surface area contributed by atoms with Crippen molar-refractivity contribution in [2.45, 2.75) is 32.1 Å². The second-order valence-corrected chi connectivity index (χ2v) is 2.24. The topological polar surface area (TPSA) is 44.0 Å². The lowest BCUT2D eigenvalue weighted by atomic mass is 10.1. The van der Waals surface area contributed by atoms with Gasteiger partial charge in [-0.05, 0) is 12.8 Å². The molecule has 0 saturated heterocycles. The first-order valence-corrected chi connectivity index (χ1v) is 3.67. The Balaban J connectivity index is 2.60. The van der Waals surface area contributed by atoms with Crippen LogP contribution in [-0.2, 0) is 0 Å². The van der Waals surface area contributed by atoms with Gasteiger partial charge in [-0.3, -0.25) is 5.73 Å². The minimum atomic E-state index is 0.320. The fourth-order valence-corrected chi connectivity index (χ4v) is 0.767. The second-order valence-electron chi connectivity index (χ2n) is 2.24. The third-order valence-corrected chi connectivity index (χ3v) is 1.33. The maximum atomic E-state index is 8.39. The van der Waals surface area contributed by atoms with Gasteiger partial charge in [0, 0.05) is 13.2 Å². The molecule has 0 fully saturated rings. The molecule has 0 unspecified atom stereocenters. The van der Waals surface area contributed by atoms with Crippen molar-refractivity contribution in [2.24, 2.45) is 0 Å². The van der Waals surface area contributed by atoms with Crippen molar-refractivity contribution < 1.29 is 5.11 Å². The summed E-state index contributed by atoms with van der Waals surface area (Å²) in [4.78, 5) is 0. The molecule has 55 valence electrons. The lowest BCUT2D eigenvalue weighted by Gasteiger charge is -1.95. The molecule has 0 aliphatic rings. The maximum absolute atomic E-state index is 8.39. The summed E-state index contributed by atoms with van der Waals surface area (Å²) in [7, 11) is 0. The highest BCUT2D eigenvalue weighted by Gasteiger charge is 1.86. The van der Waals surface area contributed by atoms with Crippen LogP contribution in [0.25, 0.3) is 0 Å². The highest BCUT2D eigenvalue weighted by molar-refractivity contribution is 4.42. The number of aliphatic hydroxyl groups excluding tert-OH is 1. The van der Waals surface area contributed by atoms with E-state index in [0.717, 1.165) is 25.7 Å². The van der Waals surface area contributed by atoms with Crippen LogP contribution in [0.1, 0.15) is 32.1 Å². The van der Waals surface area contributed by atoms with Crippen LogP contribution >= 0.6 is 0 Å². The molecule has 2 nitrogen and oxygen atoms in total. The molecule has 0 amide bonds. The van der Waals surface area contributed by atoms with Gasteiger partial charge in [-0.15, -0.1) is 0 Å². The Morgan fingerprint density at radius 3 is 2.00 bits per heavy atom. The summed E-state index contributed by atoms with van der Waals surface area (Å²) in [6.07, 6.45) is 5.41. The molecule has 0 bridgehead atoms. The normalized spacial score (nSPS) is 10.0. The minimum Gasteiger partial charge on any atom is -0.396 e. The summed E-state index contributed by atoms with van der Waals surface area (Å²) < 4.78 is 0. The molecule has 0 rings (SSSR count). The molecular weight excluding hydrogens is 114 g/mol. The van der Waals surface area contributed by atoms with Crippen molar-refractivity contribution in [2.75, 3.05) is 13.2 Å². The molecule has 0 heterocycles. The van der Waals surface area contributed by atoms with Crippen LogP contribution in [0.3, 0.4) is 0 Å². The first-order valence-electron chi connectivity index (χ1n) is 3.67. The van der Waals surface area contributed by atoms with E-state index in [-0.39, 0.29) is 0 Å². The van der Waals surface area contributed by atoms with Crippen molar-refractivity contribution >= 4 is 0 Å². The van der Waals surface area contributed by atoms with Crippen molar-refractivity contribution in [1.29, 1.82) is 0 Å². The number of unbranched alkanes of at least 4 members (excludes halogenated alkanes) is 4. The van der Waals surface area contributed by atoms with E-state index in [1.54, 1.807) is 0 Å². The van der Waals surface area contributed by atoms with Gasteiger partial charge in [-0.2, -0.15) is 0 Å². The minimum absolute atomic E-state index is 0.320. The van der Waals surface area contributed by atoms with Gasteiger partial charge in [-0.25, -0.2) is 0 Å². The fraction of sp³-hybridized carbons (Fsp3) is 1.00. The summed E-state index contributed by atoms with van der Waals surface area (Å²) in [6.45, 7) is 0.875. The third-order valence-electron chi connectivity index (χ3n) is 1.33. The van der Waals surface area contributed by atoms with E-state index in [4.69, 9.17) is 10.8 Å². The van der Waals surface area contributed by atoms with Gasteiger partial charge < -0.3 is 5.11 Å². The summed E-state index contributed by atoms with van der Waals surface area (Å²) in [5.74, 6) is 0. The first-order chi connectivity index (χ1) is 4.41. The fourth-order valence-electron chi connectivity index (χ4n) is 0.767. The zero-order valence-corrected chi connectivity index (χ0v) is 5.90. The molecule has 0 aromatic carbocycles. The van der Waals surface area contributed by atoms with Gasteiger partial charge >= 0.3 is 0 Å². The molecule has 0 aliphatic carbocycles. The summed E-state index contributed by atoms with van der Waals surface area (Å²) in [5.41, 5.74) is 6.83. The molecule has 2 heteroatoms. The van der Waals surface area contributed by atoms with E-state index in [0.29, 0.717) is 13.2 Å². The largest absolute Gasteiger partial charge is 0.396 e. The molecule has 0 saturated carbocycles. The Hall–Kier alpha value is -0.0800. The van der Waals surface area contributed by atoms with Crippen LogP contribution < -0.4 is 5.73 Å². The van der Waals surface area contributed by atoms with E-state index in [9.17, 15) is 0 Å². The molecule has 9 heavy (non-hydrogen) atoms. The van der Waals surface area contributed by atoms with Crippen LogP contribution in [0.2, 0.25) is 0 Å². The average molecular weight is 130 g/mol. The predicted octanol–water partition coefficient (Wildman–Crippen LogP) is 1.21. The van der Waals surface area contributed by atoms with Gasteiger partial charge in [-0.1, -0.05) is 19.3 Å². The van der Waals surface area contributed by atoms with Crippen molar-refractivity contribution in [3.05, 3.63) is 0 Å². The van der Waals surface area contributed by atoms with Crippen LogP contribution in [0.15, 0.2) is 0 Å². The smallest absolute Gasteiger partial charge is 0.0431 e. The Bertz CT molecular complexity index is 42.2. The van der Waals surface area contributed by atoms with E-state index < -0.39 is 0 Å². The van der Waals surface area contributed by atoms with Gasteiger partial charge in [0.15, 0.2) is 0 Å². The quantitative estimate of drug-likeness (QED) is 0.540. The summed E-state index contributed by atoms with van der Waals surface area (Å²) in [5, 5.41) is 8.39. The van der Waals surface area contributed by atoms with Crippen LogP contribution in [-0.4, -0.2) is 18.3 Å². The monoisotopic (exact) mass is 130 g/mol. The maximum Gasteiger partial charge on any atom is 0.0431 e. The second kappa shape index (κ2) is 7.92. The van der Waals surface area contributed by atoms with Crippen LogP contribution in [0, 0.1) is 0 Å². The zero-order valence-electron chi connectivity index (χ0n) is 5.90. The Morgan fingerprint density at radius 1 is 0.889 bits per heavy atom. The number of aliphatic hydroxyl groups is 1. The number of hydrogen-bond acceptors (Lipinski definition) is 1. The van der Waals surface area contributed by atoms with Gasteiger partial charge in [0.2, 0.25) is 0 Å². The molecular formula is C7H16NO. The van der Waals surface area contributed by atoms with Gasteiger partial charge in [0.05, 0.1) is 0 Å². The van der Waals surface area contributed by atoms with E-state index in [2.05, 4.69) is 0 Å². The zero-order chi connectivity index (χ0) is 6.95. The molecule has 0 aromatic rings. The van der Waals surface area contributed by atoms with E-state index >= 15 is 0 Å². The molecule has 2 N–H and O–H groups in total. The Labute approximate surface area is 57.1 Å². The number of rotatable bonds is 6. The van der Waals surface area contributed by atoms with Gasteiger partial charge in [0.25, 0.3) is 0 Å². The number of hydrogen-bond donors (Lipinski definition) is 1. The first kappa shape index (κ1) is 8.92. The van der Waals surface area contributed by atoms with E-state index in [1.807, 2.05) is 0 Å². The van der Waals surface area contributed by atoms with Crippen molar-refractivity contribution in [3.8, 4) is 0 Å². The van der Waals surface area contributed by atoms with Crippen LogP contribution in [0.4, 0.5) is 0 Å². The van der Waals surface area contributed by atoms with Crippen LogP contribution in [0.5, 0.6) is 0 Å². The van der Waals surface area contributed by atoms with Crippen molar-refractivity contribution in [1.82, 2.24) is 5.73 Å². The lowest BCUT2D eigenvalue weighted by Crippen LogP contribution is -1.86. The summed E-state index contributed by atoms with van der Waals surface area (Å²) >= 11 is 0. The highest BCUT2D eigenvalue weighted by atomic mass is 16.2. The van der Waals surface area contributed by atoms with E-state index in [1.165, 1.54) is 6.42 Å². The SMILES string of the molecule is [NH]CCCCCCCO. The molecule has 0 aliphatic heterocycles. The molecule has 0 atom stereocenters. The lowest BCUT2D eigenvalue weighted by molar-refractivity contribution is 0.282. The predicted molar refractivity (Wildman–Crippen MR) is 38.1 cm³/mol. The molecule has 1 radical (unpaired) electrons. The summed E-state index contributed by atoms with van der Waals surface area (Å²) in [6, 6.07) is 0. The highest BCUT2D eigenvalue weighted by Crippen LogP contribution is 2.00. The third kappa shape index (κ3) is 7.92. The molecule has 0 spiro atoms. The number of nitrogens with one attached hydrogen (secondary N) is 1. The van der Waals surface area contributed by atoms with Gasteiger partial charge in [0.1, 0.15) is 0 Å². The standard InChI is InChI=1S/C7H16NO/c8-6-4-2-1-3-5-7-9/h8-9H,1-7H2. The average Bonchev–Trinajstić information content (AvgIpc) is 1.89. The van der Waals surface area contributed by atoms with Crippen molar-refractivity contribution in [3.63, 3.8) is 0 Å². The molecule has 0 aromatic heterocycles. The Morgan fingerprint density at radius 2 is 1.44 bits per heavy atom. The Kier molecular flexibility index (Phi) is 7.85.